The molecule has 0 saturated heterocycles. The van der Waals surface area contributed by atoms with Gasteiger partial charge in [0.25, 0.3) is 5.91 Å². The van der Waals surface area contributed by atoms with E-state index in [1.165, 1.54) is 6.07 Å². The van der Waals surface area contributed by atoms with Crippen LogP contribution in [0.15, 0.2) is 39.5 Å². The zero-order valence-electron chi connectivity index (χ0n) is 10.7. The molecule has 0 bridgehead atoms. The smallest absolute Gasteiger partial charge is 0.288 e. The average Bonchev–Trinajstić information content (AvgIpc) is 2.38. The Morgan fingerprint density at radius 1 is 1.37 bits per heavy atom. The number of hydrogen-bond acceptors (Lipinski definition) is 3. The van der Waals surface area contributed by atoms with Crippen molar-refractivity contribution in [3.8, 4) is 12.3 Å². The van der Waals surface area contributed by atoms with Gasteiger partial charge in [-0.1, -0.05) is 18.1 Å². The van der Waals surface area contributed by atoms with Gasteiger partial charge in [-0.3, -0.25) is 9.59 Å². The zero-order valence-corrected chi connectivity index (χ0v) is 10.7. The predicted molar refractivity (Wildman–Crippen MR) is 72.9 cm³/mol. The van der Waals surface area contributed by atoms with Crippen molar-refractivity contribution < 1.29 is 9.21 Å². The van der Waals surface area contributed by atoms with Gasteiger partial charge in [-0.05, 0) is 26.0 Å². The van der Waals surface area contributed by atoms with E-state index in [0.29, 0.717) is 11.0 Å². The third-order valence-corrected chi connectivity index (χ3v) is 2.65. The van der Waals surface area contributed by atoms with Crippen molar-refractivity contribution in [3.05, 3.63) is 46.3 Å². The van der Waals surface area contributed by atoms with Crippen LogP contribution < -0.4 is 10.7 Å². The Labute approximate surface area is 110 Å². The standard InChI is InChI=1S/C15H13NO3/c1-4-15(2,3)16-14(18)13-9-11(17)10-7-5-6-8-12(10)19-13/h1,5-9H,2-3H3,(H,16,18). The number of hydrogen-bond donors (Lipinski definition) is 1. The topological polar surface area (TPSA) is 59.3 Å². The van der Waals surface area contributed by atoms with Crippen LogP contribution in [0.5, 0.6) is 0 Å². The fourth-order valence-electron chi connectivity index (χ4n) is 1.60. The third-order valence-electron chi connectivity index (χ3n) is 2.65. The monoisotopic (exact) mass is 255 g/mol. The highest BCUT2D eigenvalue weighted by atomic mass is 16.3. The number of amides is 1. The van der Waals surface area contributed by atoms with Crippen molar-refractivity contribution in [2.45, 2.75) is 19.4 Å². The van der Waals surface area contributed by atoms with E-state index in [2.05, 4.69) is 11.2 Å². The first-order chi connectivity index (χ1) is 8.93. The Morgan fingerprint density at radius 2 is 2.05 bits per heavy atom. The van der Waals surface area contributed by atoms with Crippen LogP contribution in [0.2, 0.25) is 0 Å². The number of carbonyl (C=O) groups is 1. The second-order valence-electron chi connectivity index (χ2n) is 4.69. The fraction of sp³-hybridized carbons (Fsp3) is 0.200. The fourth-order valence-corrected chi connectivity index (χ4v) is 1.60. The molecule has 0 aliphatic heterocycles. The second kappa shape index (κ2) is 4.62. The number of rotatable bonds is 2. The largest absolute Gasteiger partial charge is 0.451 e. The molecular weight excluding hydrogens is 242 g/mol. The summed E-state index contributed by atoms with van der Waals surface area (Å²) in [5.41, 5.74) is -0.689. The Hall–Kier alpha value is -2.54. The van der Waals surface area contributed by atoms with Crippen LogP contribution in [0.4, 0.5) is 0 Å². The van der Waals surface area contributed by atoms with E-state index in [9.17, 15) is 9.59 Å². The van der Waals surface area contributed by atoms with Crippen LogP contribution in [0.25, 0.3) is 11.0 Å². The Balaban J connectivity index is 2.45. The van der Waals surface area contributed by atoms with Gasteiger partial charge in [-0.15, -0.1) is 6.42 Å². The Morgan fingerprint density at radius 3 is 2.74 bits per heavy atom. The van der Waals surface area contributed by atoms with Crippen LogP contribution in [-0.2, 0) is 0 Å². The van der Waals surface area contributed by atoms with Gasteiger partial charge < -0.3 is 9.73 Å². The van der Waals surface area contributed by atoms with Gasteiger partial charge in [0.15, 0.2) is 11.2 Å². The minimum absolute atomic E-state index is 0.0491. The lowest BCUT2D eigenvalue weighted by molar-refractivity contribution is 0.0902. The minimum Gasteiger partial charge on any atom is -0.451 e. The molecule has 1 N–H and O–H groups in total. The summed E-state index contributed by atoms with van der Waals surface area (Å²) < 4.78 is 5.41. The molecule has 0 spiro atoms. The first-order valence-corrected chi connectivity index (χ1v) is 5.76. The molecule has 1 amide bonds. The van der Waals surface area contributed by atoms with Crippen molar-refractivity contribution in [1.29, 1.82) is 0 Å². The third kappa shape index (κ3) is 2.66. The first kappa shape index (κ1) is 12.9. The number of benzene rings is 1. The molecule has 0 aliphatic carbocycles. The Bertz CT molecular complexity index is 735. The number of terminal acetylenes is 1. The van der Waals surface area contributed by atoms with E-state index in [1.54, 1.807) is 38.1 Å². The van der Waals surface area contributed by atoms with Gasteiger partial charge in [-0.25, -0.2) is 0 Å². The quantitative estimate of drug-likeness (QED) is 0.834. The van der Waals surface area contributed by atoms with Gasteiger partial charge >= 0.3 is 0 Å². The Kier molecular flexibility index (Phi) is 3.14. The van der Waals surface area contributed by atoms with Gasteiger partial charge in [-0.2, -0.15) is 0 Å². The molecule has 1 heterocycles. The zero-order chi connectivity index (χ0) is 14.0. The molecule has 0 aliphatic rings. The van der Waals surface area contributed by atoms with Crippen LogP contribution in [-0.4, -0.2) is 11.4 Å². The molecule has 0 fully saturated rings. The molecule has 96 valence electrons. The van der Waals surface area contributed by atoms with Crippen molar-refractivity contribution in [2.24, 2.45) is 0 Å². The van der Waals surface area contributed by atoms with E-state index in [1.807, 2.05) is 0 Å². The lowest BCUT2D eigenvalue weighted by Crippen LogP contribution is -2.42. The SMILES string of the molecule is C#CC(C)(C)NC(=O)c1cc(=O)c2ccccc2o1. The highest BCUT2D eigenvalue weighted by Crippen LogP contribution is 2.12. The first-order valence-electron chi connectivity index (χ1n) is 5.76. The molecule has 0 saturated carbocycles. The van der Waals surface area contributed by atoms with Crippen molar-refractivity contribution in [2.75, 3.05) is 0 Å². The van der Waals surface area contributed by atoms with E-state index in [-0.39, 0.29) is 11.2 Å². The summed E-state index contributed by atoms with van der Waals surface area (Å²) in [5, 5.41) is 3.05. The van der Waals surface area contributed by atoms with Gasteiger partial charge in [0.05, 0.1) is 10.9 Å². The second-order valence-corrected chi connectivity index (χ2v) is 4.69. The number of nitrogens with one attached hydrogen (secondary N) is 1. The highest BCUT2D eigenvalue weighted by Gasteiger charge is 2.20. The summed E-state index contributed by atoms with van der Waals surface area (Å²) in [6, 6.07) is 7.93. The molecule has 1 aromatic carbocycles. The van der Waals surface area contributed by atoms with E-state index >= 15 is 0 Å². The van der Waals surface area contributed by atoms with Gasteiger partial charge in [0.1, 0.15) is 5.58 Å². The predicted octanol–water partition coefficient (Wildman–Crippen LogP) is 1.93. The highest BCUT2D eigenvalue weighted by molar-refractivity contribution is 5.93. The molecule has 4 nitrogen and oxygen atoms in total. The molecule has 2 rings (SSSR count). The van der Waals surface area contributed by atoms with Crippen LogP contribution >= 0.6 is 0 Å². The maximum absolute atomic E-state index is 12.0. The van der Waals surface area contributed by atoms with E-state index < -0.39 is 11.4 Å². The van der Waals surface area contributed by atoms with Crippen LogP contribution in [0.3, 0.4) is 0 Å². The van der Waals surface area contributed by atoms with Crippen molar-refractivity contribution in [3.63, 3.8) is 0 Å². The molecular formula is C15H13NO3. The van der Waals surface area contributed by atoms with Crippen LogP contribution in [0, 0.1) is 12.3 Å². The lowest BCUT2D eigenvalue weighted by atomic mass is 10.1. The summed E-state index contributed by atoms with van der Waals surface area (Å²) in [6.07, 6.45) is 5.30. The molecule has 1 aromatic heterocycles. The van der Waals surface area contributed by atoms with E-state index in [0.717, 1.165) is 0 Å². The van der Waals surface area contributed by atoms with Gasteiger partial charge in [0.2, 0.25) is 0 Å². The van der Waals surface area contributed by atoms with Crippen molar-refractivity contribution >= 4 is 16.9 Å². The van der Waals surface area contributed by atoms with Crippen molar-refractivity contribution in [1.82, 2.24) is 5.32 Å². The maximum atomic E-state index is 12.0. The lowest BCUT2D eigenvalue weighted by Gasteiger charge is -2.18. The summed E-state index contributed by atoms with van der Waals surface area (Å²) in [7, 11) is 0. The van der Waals surface area contributed by atoms with E-state index in [4.69, 9.17) is 10.8 Å². The number of fused-ring (bicyclic) bond motifs is 1. The molecule has 2 aromatic rings. The maximum Gasteiger partial charge on any atom is 0.288 e. The summed E-state index contributed by atoms with van der Waals surface area (Å²) in [5.74, 6) is 1.88. The number of para-hydroxylation sites is 1. The van der Waals surface area contributed by atoms with Crippen LogP contribution in [0.1, 0.15) is 24.4 Å². The van der Waals surface area contributed by atoms with Gasteiger partial charge in [0, 0.05) is 6.07 Å². The average molecular weight is 255 g/mol. The number of carbonyl (C=O) groups excluding carboxylic acids is 1. The molecule has 4 heteroatoms. The molecule has 0 atom stereocenters. The summed E-state index contributed by atoms with van der Waals surface area (Å²) >= 11 is 0. The molecule has 0 unspecified atom stereocenters. The summed E-state index contributed by atoms with van der Waals surface area (Å²) in [6.45, 7) is 3.37. The summed E-state index contributed by atoms with van der Waals surface area (Å²) in [4.78, 5) is 23.8. The molecule has 19 heavy (non-hydrogen) atoms. The normalized spacial score (nSPS) is 11.0. The molecule has 0 radical (unpaired) electrons. The minimum atomic E-state index is -0.804.